The van der Waals surface area contributed by atoms with Crippen molar-refractivity contribution >= 4 is 39.8 Å². The lowest BCUT2D eigenvalue weighted by molar-refractivity contribution is 0.0704. The maximum Gasteiger partial charge on any atom is 0.289 e. The van der Waals surface area contributed by atoms with Crippen LogP contribution in [0.4, 0.5) is 5.00 Å². The predicted molar refractivity (Wildman–Crippen MR) is 102 cm³/mol. The van der Waals surface area contributed by atoms with E-state index in [0.717, 1.165) is 10.4 Å². The van der Waals surface area contributed by atoms with E-state index in [-0.39, 0.29) is 22.8 Å². The number of halogens is 1. The Bertz CT molecular complexity index is 1120. The Labute approximate surface area is 168 Å². The van der Waals surface area contributed by atoms with Gasteiger partial charge in [-0.15, -0.1) is 11.3 Å². The first-order valence-electron chi connectivity index (χ1n) is 8.35. The zero-order valence-electron chi connectivity index (χ0n) is 14.7. The summed E-state index contributed by atoms with van der Waals surface area (Å²) in [7, 11) is 1.72. The molecule has 0 saturated carbocycles. The van der Waals surface area contributed by atoms with Crippen molar-refractivity contribution in [3.05, 3.63) is 57.1 Å². The van der Waals surface area contributed by atoms with E-state index in [2.05, 4.69) is 16.5 Å². The molecule has 28 heavy (non-hydrogen) atoms. The van der Waals surface area contributed by atoms with E-state index in [4.69, 9.17) is 16.0 Å². The normalized spacial score (nSPS) is 13.1. The summed E-state index contributed by atoms with van der Waals surface area (Å²) in [6, 6.07) is 5.24. The van der Waals surface area contributed by atoms with Crippen molar-refractivity contribution in [3.8, 4) is 6.07 Å². The molecule has 4 rings (SSSR count). The van der Waals surface area contributed by atoms with Gasteiger partial charge in [0.1, 0.15) is 11.1 Å². The molecule has 0 bridgehead atoms. The molecule has 142 valence electrons. The van der Waals surface area contributed by atoms with E-state index in [1.165, 1.54) is 34.3 Å². The van der Waals surface area contributed by atoms with Crippen LogP contribution < -0.4 is 5.32 Å². The van der Waals surface area contributed by atoms with Crippen molar-refractivity contribution in [1.29, 1.82) is 5.26 Å². The number of thiophene rings is 1. The third kappa shape index (κ3) is 3.28. The number of nitriles is 1. The molecule has 3 aromatic heterocycles. The third-order valence-corrected chi connectivity index (χ3v) is 5.77. The minimum Gasteiger partial charge on any atom is -0.440 e. The molecule has 0 unspecified atom stereocenters. The van der Waals surface area contributed by atoms with Gasteiger partial charge in [0, 0.05) is 24.7 Å². The molecule has 3 aromatic rings. The van der Waals surface area contributed by atoms with E-state index < -0.39 is 0 Å². The minimum atomic E-state index is -0.332. The van der Waals surface area contributed by atoms with Gasteiger partial charge < -0.3 is 14.6 Å². The predicted octanol–water partition coefficient (Wildman–Crippen LogP) is 3.05. The Balaban J connectivity index is 1.56. The fourth-order valence-corrected chi connectivity index (χ4v) is 4.44. The Hall–Kier alpha value is -3.09. The lowest BCUT2D eigenvalue weighted by Gasteiger charge is -2.26. The molecule has 0 fully saturated rings. The number of anilines is 1. The first-order valence-corrected chi connectivity index (χ1v) is 9.55. The highest BCUT2D eigenvalue weighted by Crippen LogP contribution is 2.37. The molecule has 0 aromatic carbocycles. The number of amides is 2. The van der Waals surface area contributed by atoms with Crippen LogP contribution in [0.25, 0.3) is 0 Å². The maximum absolute atomic E-state index is 12.6. The summed E-state index contributed by atoms with van der Waals surface area (Å²) in [5, 5.41) is 17.0. The topological polar surface area (TPSA) is 104 Å². The number of nitrogens with one attached hydrogen (secondary N) is 1. The van der Waals surface area contributed by atoms with E-state index in [0.29, 0.717) is 35.6 Å². The van der Waals surface area contributed by atoms with Crippen LogP contribution >= 0.6 is 22.9 Å². The number of hydrogen-bond acceptors (Lipinski definition) is 6. The molecular weight excluding hydrogens is 402 g/mol. The van der Waals surface area contributed by atoms with Crippen molar-refractivity contribution in [1.82, 2.24) is 14.7 Å². The Morgan fingerprint density at radius 2 is 2.25 bits per heavy atom. The molecule has 0 atom stereocenters. The van der Waals surface area contributed by atoms with Crippen LogP contribution in [0.3, 0.4) is 0 Å². The van der Waals surface area contributed by atoms with Gasteiger partial charge in [0.05, 0.1) is 23.9 Å². The maximum atomic E-state index is 12.6. The largest absolute Gasteiger partial charge is 0.440 e. The molecule has 1 N–H and O–H groups in total. The van der Waals surface area contributed by atoms with E-state index >= 15 is 0 Å². The molecule has 4 heterocycles. The highest BCUT2D eigenvalue weighted by Gasteiger charge is 2.29. The van der Waals surface area contributed by atoms with Crippen LogP contribution in [0, 0.1) is 11.3 Å². The van der Waals surface area contributed by atoms with Crippen molar-refractivity contribution in [2.24, 2.45) is 7.05 Å². The Morgan fingerprint density at radius 3 is 2.89 bits per heavy atom. The summed E-state index contributed by atoms with van der Waals surface area (Å²) >= 11 is 7.06. The van der Waals surface area contributed by atoms with Gasteiger partial charge in [-0.3, -0.25) is 14.3 Å². The molecule has 0 saturated heterocycles. The van der Waals surface area contributed by atoms with Gasteiger partial charge in [-0.25, -0.2) is 0 Å². The molecule has 0 spiro atoms. The van der Waals surface area contributed by atoms with Crippen LogP contribution in [0.5, 0.6) is 0 Å². The summed E-state index contributed by atoms with van der Waals surface area (Å²) in [5.41, 5.74) is 1.73. The molecule has 8 nitrogen and oxygen atoms in total. The average Bonchev–Trinajstić information content (AvgIpc) is 3.38. The van der Waals surface area contributed by atoms with Gasteiger partial charge >= 0.3 is 0 Å². The molecule has 10 heteroatoms. The summed E-state index contributed by atoms with van der Waals surface area (Å²) in [5.74, 6) is -0.414. The molecule has 0 radical (unpaired) electrons. The van der Waals surface area contributed by atoms with Crippen LogP contribution in [-0.2, 0) is 20.0 Å². The van der Waals surface area contributed by atoms with Gasteiger partial charge in [-0.2, -0.15) is 10.4 Å². The number of hydrogen-bond donors (Lipinski definition) is 1. The summed E-state index contributed by atoms with van der Waals surface area (Å²) in [6.45, 7) is 0.792. The van der Waals surface area contributed by atoms with Gasteiger partial charge in [-0.1, -0.05) is 0 Å². The highest BCUT2D eigenvalue weighted by molar-refractivity contribution is 7.16. The van der Waals surface area contributed by atoms with Crippen LogP contribution in [0.1, 0.15) is 36.9 Å². The van der Waals surface area contributed by atoms with Crippen LogP contribution in [-0.4, -0.2) is 33.0 Å². The van der Waals surface area contributed by atoms with Gasteiger partial charge in [-0.05, 0) is 35.7 Å². The summed E-state index contributed by atoms with van der Waals surface area (Å²) < 4.78 is 6.73. The van der Waals surface area contributed by atoms with Crippen LogP contribution in [0.15, 0.2) is 28.9 Å². The van der Waals surface area contributed by atoms with Gasteiger partial charge in [0.15, 0.2) is 11.0 Å². The van der Waals surface area contributed by atoms with Crippen molar-refractivity contribution in [2.75, 3.05) is 11.9 Å². The number of rotatable bonds is 3. The zero-order chi connectivity index (χ0) is 19.8. The van der Waals surface area contributed by atoms with E-state index in [9.17, 15) is 14.9 Å². The molecule has 1 aliphatic heterocycles. The Morgan fingerprint density at radius 1 is 1.43 bits per heavy atom. The fourth-order valence-electron chi connectivity index (χ4n) is 3.08. The highest BCUT2D eigenvalue weighted by atomic mass is 35.5. The number of furan rings is 1. The first kappa shape index (κ1) is 18.3. The lowest BCUT2D eigenvalue weighted by Crippen LogP contribution is -2.35. The van der Waals surface area contributed by atoms with Crippen LogP contribution in [0.2, 0.25) is 5.22 Å². The summed E-state index contributed by atoms with van der Waals surface area (Å²) in [6.07, 6.45) is 3.59. The zero-order valence-corrected chi connectivity index (χ0v) is 16.3. The second-order valence-corrected chi connectivity index (χ2v) is 7.73. The number of nitrogens with zero attached hydrogens (tertiary/aromatic N) is 4. The molecule has 1 aliphatic rings. The number of aromatic nitrogens is 2. The number of carbonyl (C=O) groups excluding carboxylic acids is 2. The second-order valence-electron chi connectivity index (χ2n) is 6.26. The number of fused-ring (bicyclic) bond motifs is 1. The standard InChI is InChI=1S/C18H14ClN5O3S/c1-23-8-10(7-21-23)16(25)22-17-12(6-20)11-4-5-24(9-14(11)28-17)18(26)13-2-3-15(19)27-13/h2-3,7-8H,4-5,9H2,1H3,(H,22,25). The first-order chi connectivity index (χ1) is 13.5. The van der Waals surface area contributed by atoms with Gasteiger partial charge in [0.2, 0.25) is 0 Å². The third-order valence-electron chi connectivity index (χ3n) is 4.43. The number of aryl methyl sites for hydroxylation is 1. The average molecular weight is 416 g/mol. The fraction of sp³-hybridized carbons (Fsp3) is 0.222. The molecule has 0 aliphatic carbocycles. The lowest BCUT2D eigenvalue weighted by atomic mass is 10.0. The molecule has 2 amide bonds. The summed E-state index contributed by atoms with van der Waals surface area (Å²) in [4.78, 5) is 27.5. The minimum absolute atomic E-state index is 0.157. The van der Waals surface area contributed by atoms with Crippen molar-refractivity contribution in [2.45, 2.75) is 13.0 Å². The molecular formula is C18H14ClN5O3S. The smallest absolute Gasteiger partial charge is 0.289 e. The second kappa shape index (κ2) is 7.14. The number of carbonyl (C=O) groups is 2. The van der Waals surface area contributed by atoms with Gasteiger partial charge in [0.25, 0.3) is 11.8 Å². The monoisotopic (exact) mass is 415 g/mol. The van der Waals surface area contributed by atoms with E-state index in [1.54, 1.807) is 18.1 Å². The van der Waals surface area contributed by atoms with E-state index in [1.807, 2.05) is 0 Å². The quantitative estimate of drug-likeness (QED) is 0.707. The Kier molecular flexibility index (Phi) is 4.66. The SMILES string of the molecule is Cn1cc(C(=O)Nc2sc3c(c2C#N)CCN(C(=O)c2ccc(Cl)o2)C3)cn1. The van der Waals surface area contributed by atoms with Crippen molar-refractivity contribution < 1.29 is 14.0 Å². The van der Waals surface area contributed by atoms with Crippen molar-refractivity contribution in [3.63, 3.8) is 0 Å².